The van der Waals surface area contributed by atoms with Gasteiger partial charge in [-0.2, -0.15) is 13.2 Å². The Bertz CT molecular complexity index is 1440. The molecule has 1 aromatic carbocycles. The minimum Gasteiger partial charge on any atom is -0.393 e. The first-order valence-electron chi connectivity index (χ1n) is 11.7. The van der Waals surface area contributed by atoms with Gasteiger partial charge in [0.25, 0.3) is 0 Å². The van der Waals surface area contributed by atoms with E-state index < -0.39 is 11.9 Å². The molecular weight excluding hydrogens is 491 g/mol. The van der Waals surface area contributed by atoms with Gasteiger partial charge in [0.05, 0.1) is 11.9 Å². The zero-order valence-electron chi connectivity index (χ0n) is 21.2. The average Bonchev–Trinajstić information content (AvgIpc) is 3.37. The van der Waals surface area contributed by atoms with E-state index in [0.29, 0.717) is 28.6 Å². The van der Waals surface area contributed by atoms with Crippen molar-refractivity contribution in [3.05, 3.63) is 101 Å². The number of imidazole rings is 1. The molecule has 0 spiro atoms. The molecule has 10 heteroatoms. The molecule has 0 unspecified atom stereocenters. The maximum atomic E-state index is 13.0. The summed E-state index contributed by atoms with van der Waals surface area (Å²) in [5, 5.41) is 16.7. The number of aromatic nitrogens is 3. The summed E-state index contributed by atoms with van der Waals surface area (Å²) in [6.45, 7) is 7.79. The molecule has 0 saturated carbocycles. The Hall–Kier alpha value is -4.78. The number of hydrogen-bond donors (Lipinski definition) is 5. The van der Waals surface area contributed by atoms with E-state index in [4.69, 9.17) is 5.41 Å². The van der Waals surface area contributed by atoms with Crippen LogP contribution >= 0.6 is 0 Å². The van der Waals surface area contributed by atoms with E-state index in [1.54, 1.807) is 24.4 Å². The summed E-state index contributed by atoms with van der Waals surface area (Å²) < 4.78 is 39.0. The Balaban J connectivity index is 1.80. The van der Waals surface area contributed by atoms with Gasteiger partial charge in [-0.05, 0) is 55.2 Å². The third kappa shape index (κ3) is 7.36. The highest BCUT2D eigenvalue weighted by Crippen LogP contribution is 2.29. The number of anilines is 1. The van der Waals surface area contributed by atoms with Crippen molar-refractivity contribution in [2.24, 2.45) is 0 Å². The minimum atomic E-state index is -4.54. The molecule has 0 radical (unpaired) electrons. The highest BCUT2D eigenvalue weighted by atomic mass is 19.4. The second-order valence-electron chi connectivity index (χ2n) is 8.14. The Morgan fingerprint density at radius 2 is 1.97 bits per heavy atom. The molecule has 5 N–H and O–H groups in total. The second kappa shape index (κ2) is 12.5. The van der Waals surface area contributed by atoms with E-state index in [1.165, 1.54) is 12.3 Å². The molecule has 0 aliphatic rings. The normalized spacial score (nSPS) is 11.8. The Morgan fingerprint density at radius 1 is 1.18 bits per heavy atom. The highest BCUT2D eigenvalue weighted by Gasteiger charge is 2.32. The number of allylic oxidation sites excluding steroid dienone is 2. The van der Waals surface area contributed by atoms with Crippen molar-refractivity contribution in [3.8, 4) is 11.8 Å². The quantitative estimate of drug-likeness (QED) is 0.185. The number of halogens is 3. The molecule has 38 heavy (non-hydrogen) atoms. The lowest BCUT2D eigenvalue weighted by Crippen LogP contribution is -2.15. The molecule has 3 aromatic rings. The monoisotopic (exact) mass is 519 g/mol. The minimum absolute atomic E-state index is 0.281. The van der Waals surface area contributed by atoms with Crippen LogP contribution in [0.5, 0.6) is 0 Å². The third-order valence-corrected chi connectivity index (χ3v) is 5.34. The van der Waals surface area contributed by atoms with E-state index in [0.717, 1.165) is 35.5 Å². The molecule has 3 rings (SSSR count). The molecule has 0 amide bonds. The van der Waals surface area contributed by atoms with E-state index in [1.807, 2.05) is 33.2 Å². The molecule has 0 saturated heterocycles. The maximum absolute atomic E-state index is 13.0. The lowest BCUT2D eigenvalue weighted by atomic mass is 10.1. The van der Waals surface area contributed by atoms with E-state index in [9.17, 15) is 13.2 Å². The number of pyridine rings is 1. The van der Waals surface area contributed by atoms with Crippen LogP contribution in [0, 0.1) is 24.2 Å². The summed E-state index contributed by atoms with van der Waals surface area (Å²) in [5.41, 5.74) is 4.01. The van der Waals surface area contributed by atoms with Gasteiger partial charge in [0.15, 0.2) is 5.82 Å². The number of rotatable bonds is 9. The third-order valence-electron chi connectivity index (χ3n) is 5.34. The number of nitrogens with one attached hydrogen (secondary N) is 5. The van der Waals surface area contributed by atoms with Gasteiger partial charge in [0.2, 0.25) is 0 Å². The molecular formula is C28H28F3N7. The number of hydrogen-bond acceptors (Lipinski definition) is 6. The van der Waals surface area contributed by atoms with Crippen LogP contribution in [-0.2, 0) is 6.18 Å². The largest absolute Gasteiger partial charge is 0.433 e. The zero-order valence-corrected chi connectivity index (χ0v) is 21.2. The van der Waals surface area contributed by atoms with Crippen LogP contribution in [0.15, 0.2) is 67.3 Å². The first kappa shape index (κ1) is 27.8. The van der Waals surface area contributed by atoms with Crippen LogP contribution < -0.4 is 16.0 Å². The fraction of sp³-hybridized carbons (Fsp3) is 0.179. The van der Waals surface area contributed by atoms with Gasteiger partial charge in [-0.3, -0.25) is 4.98 Å². The van der Waals surface area contributed by atoms with Crippen molar-refractivity contribution in [1.29, 1.82) is 5.41 Å². The number of aromatic amines is 1. The summed E-state index contributed by atoms with van der Waals surface area (Å²) in [6, 6.07) is 7.88. The molecule has 0 bridgehead atoms. The number of benzene rings is 1. The van der Waals surface area contributed by atoms with Crippen molar-refractivity contribution < 1.29 is 13.2 Å². The predicted octanol–water partition coefficient (Wildman–Crippen LogP) is 5.67. The Labute approximate surface area is 219 Å². The van der Waals surface area contributed by atoms with Gasteiger partial charge >= 0.3 is 6.18 Å². The lowest BCUT2D eigenvalue weighted by molar-refractivity contribution is -0.141. The van der Waals surface area contributed by atoms with Crippen LogP contribution in [0.4, 0.5) is 18.9 Å². The van der Waals surface area contributed by atoms with Crippen molar-refractivity contribution in [1.82, 2.24) is 25.6 Å². The number of aryl methyl sites for hydroxylation is 1. The van der Waals surface area contributed by atoms with Gasteiger partial charge in [-0.25, -0.2) is 4.98 Å². The van der Waals surface area contributed by atoms with E-state index in [-0.39, 0.29) is 5.56 Å². The van der Waals surface area contributed by atoms with Crippen LogP contribution in [0.1, 0.15) is 47.2 Å². The fourth-order valence-corrected chi connectivity index (χ4v) is 3.35. The number of nitrogens with zero attached hydrogens (tertiary/aromatic N) is 2. The zero-order chi connectivity index (χ0) is 27.7. The molecule has 2 heterocycles. The molecule has 0 aliphatic heterocycles. The first-order chi connectivity index (χ1) is 18.1. The summed E-state index contributed by atoms with van der Waals surface area (Å²) in [5.74, 6) is 6.70. The lowest BCUT2D eigenvalue weighted by Gasteiger charge is -2.13. The van der Waals surface area contributed by atoms with Crippen LogP contribution in [0.3, 0.4) is 0 Å². The predicted molar refractivity (Wildman–Crippen MR) is 145 cm³/mol. The van der Waals surface area contributed by atoms with Gasteiger partial charge in [-0.1, -0.05) is 25.5 Å². The van der Waals surface area contributed by atoms with Gasteiger partial charge in [-0.15, -0.1) is 0 Å². The van der Waals surface area contributed by atoms with Crippen molar-refractivity contribution in [3.63, 3.8) is 0 Å². The Kier molecular flexibility index (Phi) is 9.11. The molecule has 0 aliphatic carbocycles. The van der Waals surface area contributed by atoms with Gasteiger partial charge in [0, 0.05) is 53.9 Å². The van der Waals surface area contributed by atoms with Crippen molar-refractivity contribution >= 4 is 23.3 Å². The number of alkyl halides is 3. The summed E-state index contributed by atoms with van der Waals surface area (Å²) >= 11 is 0. The van der Waals surface area contributed by atoms with E-state index >= 15 is 0 Å². The van der Waals surface area contributed by atoms with Gasteiger partial charge < -0.3 is 26.3 Å². The summed E-state index contributed by atoms with van der Waals surface area (Å²) in [6.07, 6.45) is 3.54. The molecule has 7 nitrogen and oxygen atoms in total. The molecule has 0 atom stereocenters. The summed E-state index contributed by atoms with van der Waals surface area (Å²) in [4.78, 5) is 10.9. The summed E-state index contributed by atoms with van der Waals surface area (Å²) in [7, 11) is 1.81. The van der Waals surface area contributed by atoms with Crippen LogP contribution in [-0.4, -0.2) is 28.2 Å². The molecule has 196 valence electrons. The molecule has 2 aromatic heterocycles. The SMILES string of the molecule is C=C(Nc1ccc(C)c(C#Cc2cnc(/C(=C\C=N)N/C(=C/NC)CC)[nH]2)c1)c1ccnc(C(F)(F)F)c1. The Morgan fingerprint density at radius 3 is 2.66 bits per heavy atom. The van der Waals surface area contributed by atoms with Crippen molar-refractivity contribution in [2.75, 3.05) is 12.4 Å². The second-order valence-corrected chi connectivity index (χ2v) is 8.14. The average molecular weight is 520 g/mol. The van der Waals surface area contributed by atoms with Crippen LogP contribution in [0.25, 0.3) is 11.4 Å². The van der Waals surface area contributed by atoms with Gasteiger partial charge in [0.1, 0.15) is 11.4 Å². The fourth-order valence-electron chi connectivity index (χ4n) is 3.35. The first-order valence-corrected chi connectivity index (χ1v) is 11.7. The van der Waals surface area contributed by atoms with Crippen LogP contribution in [0.2, 0.25) is 0 Å². The standard InChI is InChI=1S/C28H28F3N7/c1-5-22(16-33-4)37-25(10-12-32)27-35-17-24(38-27)9-7-20-14-23(8-6-18(20)2)36-19(3)21-11-13-34-26(15-21)28(29,30)31/h6,8,10-17,32-33,36-37H,3,5H2,1-2,4H3,(H,35,38)/b22-16+,25-10+,32-12?. The topological polar surface area (TPSA) is 102 Å². The molecule has 0 fully saturated rings. The number of H-pyrrole nitrogens is 1. The smallest absolute Gasteiger partial charge is 0.393 e. The highest BCUT2D eigenvalue weighted by molar-refractivity contribution is 5.81. The maximum Gasteiger partial charge on any atom is 0.433 e. The van der Waals surface area contributed by atoms with E-state index in [2.05, 4.69) is 49.3 Å². The van der Waals surface area contributed by atoms with Crippen molar-refractivity contribution in [2.45, 2.75) is 26.4 Å².